The van der Waals surface area contributed by atoms with Crippen LogP contribution in [0.5, 0.6) is 5.75 Å². The summed E-state index contributed by atoms with van der Waals surface area (Å²) in [4.78, 5) is 4.26. The van der Waals surface area contributed by atoms with Crippen LogP contribution in [0.3, 0.4) is 0 Å². The van der Waals surface area contributed by atoms with E-state index in [-0.39, 0.29) is 6.10 Å². The molecule has 1 saturated heterocycles. The number of hydrogen-bond donors (Lipinski definition) is 2. The predicted molar refractivity (Wildman–Crippen MR) is 105 cm³/mol. The molecular weight excluding hydrogens is 330 g/mol. The second-order valence-electron chi connectivity index (χ2n) is 6.73. The molecule has 2 N–H and O–H groups in total. The van der Waals surface area contributed by atoms with Crippen molar-refractivity contribution >= 4 is 5.96 Å². The molecule has 0 amide bonds. The van der Waals surface area contributed by atoms with E-state index < -0.39 is 0 Å². The third-order valence-corrected chi connectivity index (χ3v) is 4.04. The second-order valence-corrected chi connectivity index (χ2v) is 6.73. The molecule has 0 aromatic heterocycles. The largest absolute Gasteiger partial charge is 0.491 e. The minimum Gasteiger partial charge on any atom is -0.491 e. The van der Waals surface area contributed by atoms with Gasteiger partial charge in [0, 0.05) is 33.4 Å². The first-order valence-corrected chi connectivity index (χ1v) is 9.57. The lowest BCUT2D eigenvalue weighted by Crippen LogP contribution is -2.37. The standard InChI is InChI=1S/C20H33N3O3/c1-16(2)26-18-8-4-7-17(13-18)14-23-20(21-3)22-10-6-11-24-15-19-9-5-12-25-19/h4,7-8,13,16,19H,5-6,9-12,14-15H2,1-3H3,(H2,21,22,23). The van der Waals surface area contributed by atoms with Gasteiger partial charge in [-0.3, -0.25) is 4.99 Å². The number of benzene rings is 1. The summed E-state index contributed by atoms with van der Waals surface area (Å²) in [6.45, 7) is 7.90. The number of rotatable bonds is 10. The number of ether oxygens (including phenoxy) is 3. The molecule has 0 aliphatic carbocycles. The van der Waals surface area contributed by atoms with E-state index >= 15 is 0 Å². The number of hydrogen-bond acceptors (Lipinski definition) is 4. The lowest BCUT2D eigenvalue weighted by atomic mass is 10.2. The molecule has 1 atom stereocenters. The highest BCUT2D eigenvalue weighted by atomic mass is 16.5. The maximum Gasteiger partial charge on any atom is 0.191 e. The van der Waals surface area contributed by atoms with Gasteiger partial charge in [-0.25, -0.2) is 0 Å². The number of guanidine groups is 1. The first kappa shape index (κ1) is 20.5. The van der Waals surface area contributed by atoms with Crippen LogP contribution in [-0.2, 0) is 16.0 Å². The summed E-state index contributed by atoms with van der Waals surface area (Å²) in [5.74, 6) is 1.69. The van der Waals surface area contributed by atoms with Gasteiger partial charge in [0.2, 0.25) is 0 Å². The first-order valence-electron chi connectivity index (χ1n) is 9.57. The van der Waals surface area contributed by atoms with E-state index in [1.807, 2.05) is 26.0 Å². The van der Waals surface area contributed by atoms with Gasteiger partial charge in [0.25, 0.3) is 0 Å². The monoisotopic (exact) mass is 363 g/mol. The van der Waals surface area contributed by atoms with Crippen LogP contribution in [0.4, 0.5) is 0 Å². The van der Waals surface area contributed by atoms with Gasteiger partial charge in [-0.05, 0) is 50.8 Å². The van der Waals surface area contributed by atoms with Crippen molar-refractivity contribution in [3.05, 3.63) is 29.8 Å². The van der Waals surface area contributed by atoms with Crippen molar-refractivity contribution in [3.63, 3.8) is 0 Å². The molecule has 1 aromatic carbocycles. The Hall–Kier alpha value is -1.79. The summed E-state index contributed by atoms with van der Waals surface area (Å²) in [6, 6.07) is 8.12. The van der Waals surface area contributed by atoms with Crippen molar-refractivity contribution in [2.75, 3.05) is 33.4 Å². The molecule has 1 aromatic rings. The van der Waals surface area contributed by atoms with Crippen molar-refractivity contribution in [2.45, 2.75) is 51.9 Å². The van der Waals surface area contributed by atoms with Gasteiger partial charge in [-0.15, -0.1) is 0 Å². The zero-order chi connectivity index (χ0) is 18.6. The van der Waals surface area contributed by atoms with E-state index in [0.717, 1.165) is 56.3 Å². The molecule has 1 heterocycles. The molecule has 26 heavy (non-hydrogen) atoms. The van der Waals surface area contributed by atoms with Crippen LogP contribution in [0.25, 0.3) is 0 Å². The third-order valence-electron chi connectivity index (χ3n) is 4.04. The number of aliphatic imine (C=N–C) groups is 1. The minimum absolute atomic E-state index is 0.176. The van der Waals surface area contributed by atoms with Gasteiger partial charge in [0.05, 0.1) is 18.8 Å². The highest BCUT2D eigenvalue weighted by Crippen LogP contribution is 2.14. The first-order chi connectivity index (χ1) is 12.7. The van der Waals surface area contributed by atoms with Crippen LogP contribution in [0.2, 0.25) is 0 Å². The lowest BCUT2D eigenvalue weighted by molar-refractivity contribution is 0.0168. The van der Waals surface area contributed by atoms with Crippen LogP contribution in [0.15, 0.2) is 29.3 Å². The fourth-order valence-corrected chi connectivity index (χ4v) is 2.78. The Morgan fingerprint density at radius 2 is 2.23 bits per heavy atom. The molecule has 1 fully saturated rings. The molecule has 2 rings (SSSR count). The maximum absolute atomic E-state index is 5.73. The lowest BCUT2D eigenvalue weighted by Gasteiger charge is -2.14. The topological polar surface area (TPSA) is 64.1 Å². The molecule has 1 unspecified atom stereocenters. The maximum atomic E-state index is 5.73. The van der Waals surface area contributed by atoms with Crippen LogP contribution in [0.1, 0.15) is 38.7 Å². The van der Waals surface area contributed by atoms with Gasteiger partial charge in [0.1, 0.15) is 5.75 Å². The summed E-state index contributed by atoms with van der Waals surface area (Å²) >= 11 is 0. The van der Waals surface area contributed by atoms with E-state index in [4.69, 9.17) is 14.2 Å². The van der Waals surface area contributed by atoms with Crippen molar-refractivity contribution < 1.29 is 14.2 Å². The van der Waals surface area contributed by atoms with E-state index in [2.05, 4.69) is 27.8 Å². The van der Waals surface area contributed by atoms with E-state index in [9.17, 15) is 0 Å². The SMILES string of the molecule is CN=C(NCCCOCC1CCCO1)NCc1cccc(OC(C)C)c1. The summed E-state index contributed by atoms with van der Waals surface area (Å²) in [5.41, 5.74) is 1.16. The fraction of sp³-hybridized carbons (Fsp3) is 0.650. The predicted octanol–water partition coefficient (Wildman–Crippen LogP) is 2.72. The average molecular weight is 364 g/mol. The van der Waals surface area contributed by atoms with Gasteiger partial charge in [0.15, 0.2) is 5.96 Å². The summed E-state index contributed by atoms with van der Waals surface area (Å²) in [7, 11) is 1.78. The highest BCUT2D eigenvalue weighted by Gasteiger charge is 2.14. The molecule has 0 bridgehead atoms. The summed E-state index contributed by atoms with van der Waals surface area (Å²) in [6.07, 6.45) is 3.69. The van der Waals surface area contributed by atoms with E-state index in [1.54, 1.807) is 7.05 Å². The van der Waals surface area contributed by atoms with Crippen molar-refractivity contribution in [2.24, 2.45) is 4.99 Å². The molecule has 6 heteroatoms. The molecule has 6 nitrogen and oxygen atoms in total. The summed E-state index contributed by atoms with van der Waals surface area (Å²) < 4.78 is 16.9. The van der Waals surface area contributed by atoms with Crippen LogP contribution >= 0.6 is 0 Å². The average Bonchev–Trinajstić information content (AvgIpc) is 3.13. The van der Waals surface area contributed by atoms with Gasteiger partial charge in [-0.1, -0.05) is 12.1 Å². The Bertz CT molecular complexity index is 543. The fourth-order valence-electron chi connectivity index (χ4n) is 2.78. The molecule has 1 aliphatic heterocycles. The van der Waals surface area contributed by atoms with Crippen LogP contribution in [-0.4, -0.2) is 51.6 Å². The Morgan fingerprint density at radius 3 is 2.96 bits per heavy atom. The smallest absolute Gasteiger partial charge is 0.191 e. The van der Waals surface area contributed by atoms with Crippen molar-refractivity contribution in [1.29, 1.82) is 0 Å². The van der Waals surface area contributed by atoms with E-state index in [0.29, 0.717) is 19.3 Å². The Balaban J connectivity index is 1.60. The molecule has 0 spiro atoms. The number of nitrogens with one attached hydrogen (secondary N) is 2. The highest BCUT2D eigenvalue weighted by molar-refractivity contribution is 5.79. The third kappa shape index (κ3) is 8.06. The summed E-state index contributed by atoms with van der Waals surface area (Å²) in [5, 5.41) is 6.64. The quantitative estimate of drug-likeness (QED) is 0.380. The Labute approximate surface area is 157 Å². The second kappa shape index (κ2) is 11.8. The molecular formula is C20H33N3O3. The van der Waals surface area contributed by atoms with Crippen LogP contribution in [0, 0.1) is 0 Å². The molecule has 0 radical (unpaired) electrons. The van der Waals surface area contributed by atoms with Crippen molar-refractivity contribution in [1.82, 2.24) is 10.6 Å². The zero-order valence-electron chi connectivity index (χ0n) is 16.3. The van der Waals surface area contributed by atoms with E-state index in [1.165, 1.54) is 0 Å². The van der Waals surface area contributed by atoms with Gasteiger partial charge < -0.3 is 24.8 Å². The Morgan fingerprint density at radius 1 is 1.35 bits per heavy atom. The minimum atomic E-state index is 0.176. The van der Waals surface area contributed by atoms with Gasteiger partial charge >= 0.3 is 0 Å². The van der Waals surface area contributed by atoms with Crippen LogP contribution < -0.4 is 15.4 Å². The molecule has 1 aliphatic rings. The van der Waals surface area contributed by atoms with Gasteiger partial charge in [-0.2, -0.15) is 0 Å². The zero-order valence-corrected chi connectivity index (χ0v) is 16.3. The Kier molecular flexibility index (Phi) is 9.28. The molecule has 146 valence electrons. The molecule has 0 saturated carbocycles. The normalized spacial score (nSPS) is 17.5. The van der Waals surface area contributed by atoms with Crippen molar-refractivity contribution in [3.8, 4) is 5.75 Å². The number of nitrogens with zero attached hydrogens (tertiary/aromatic N) is 1.